The monoisotopic (exact) mass is 314 g/mol. The minimum Gasteiger partial charge on any atom is -0.377 e. The SMILES string of the molecule is COC1CN(C(=O)c2ncccc2Br)CC1OC. The minimum atomic E-state index is -0.107. The summed E-state index contributed by atoms with van der Waals surface area (Å²) in [5, 5.41) is 0. The molecule has 0 aromatic carbocycles. The fourth-order valence-electron chi connectivity index (χ4n) is 2.06. The van der Waals surface area contributed by atoms with Gasteiger partial charge < -0.3 is 14.4 Å². The molecule has 1 aromatic heterocycles. The number of carbonyl (C=O) groups is 1. The lowest BCUT2D eigenvalue weighted by atomic mass is 10.3. The zero-order valence-electron chi connectivity index (χ0n) is 10.3. The Bertz CT molecular complexity index is 429. The van der Waals surface area contributed by atoms with Crippen LogP contribution < -0.4 is 0 Å². The van der Waals surface area contributed by atoms with E-state index in [1.165, 1.54) is 0 Å². The Morgan fingerprint density at radius 2 is 2.00 bits per heavy atom. The van der Waals surface area contributed by atoms with Gasteiger partial charge in [0.25, 0.3) is 5.91 Å². The number of carbonyl (C=O) groups excluding carboxylic acids is 1. The molecular formula is C12H15BrN2O3. The highest BCUT2D eigenvalue weighted by Crippen LogP contribution is 2.21. The first kappa shape index (κ1) is 13.5. The fraction of sp³-hybridized carbons (Fsp3) is 0.500. The molecule has 98 valence electrons. The lowest BCUT2D eigenvalue weighted by molar-refractivity contribution is -0.00461. The van der Waals surface area contributed by atoms with Gasteiger partial charge in [0, 0.05) is 38.0 Å². The summed E-state index contributed by atoms with van der Waals surface area (Å²) in [6.07, 6.45) is 1.44. The molecule has 0 saturated carbocycles. The van der Waals surface area contributed by atoms with E-state index < -0.39 is 0 Å². The Morgan fingerprint density at radius 1 is 1.39 bits per heavy atom. The van der Waals surface area contributed by atoms with E-state index >= 15 is 0 Å². The summed E-state index contributed by atoms with van der Waals surface area (Å²) in [4.78, 5) is 18.1. The van der Waals surface area contributed by atoms with E-state index in [1.807, 2.05) is 0 Å². The van der Waals surface area contributed by atoms with E-state index in [1.54, 1.807) is 37.4 Å². The van der Waals surface area contributed by atoms with E-state index in [2.05, 4.69) is 20.9 Å². The van der Waals surface area contributed by atoms with Gasteiger partial charge in [0.2, 0.25) is 0 Å². The van der Waals surface area contributed by atoms with Crippen LogP contribution in [0.1, 0.15) is 10.5 Å². The van der Waals surface area contributed by atoms with Crippen molar-refractivity contribution >= 4 is 21.8 Å². The summed E-state index contributed by atoms with van der Waals surface area (Å²) in [6, 6.07) is 3.58. The van der Waals surface area contributed by atoms with E-state index in [0.717, 1.165) is 0 Å². The van der Waals surface area contributed by atoms with Crippen LogP contribution >= 0.6 is 15.9 Å². The molecule has 18 heavy (non-hydrogen) atoms. The van der Waals surface area contributed by atoms with Gasteiger partial charge in [-0.1, -0.05) is 0 Å². The van der Waals surface area contributed by atoms with Crippen LogP contribution in [-0.2, 0) is 9.47 Å². The second-order valence-electron chi connectivity index (χ2n) is 4.09. The molecule has 1 aliphatic rings. The molecule has 2 atom stereocenters. The highest BCUT2D eigenvalue weighted by atomic mass is 79.9. The van der Waals surface area contributed by atoms with Gasteiger partial charge in [-0.15, -0.1) is 0 Å². The van der Waals surface area contributed by atoms with Gasteiger partial charge in [0.1, 0.15) is 17.9 Å². The van der Waals surface area contributed by atoms with Crippen molar-refractivity contribution in [1.82, 2.24) is 9.88 Å². The van der Waals surface area contributed by atoms with E-state index in [4.69, 9.17) is 9.47 Å². The predicted molar refractivity (Wildman–Crippen MR) is 69.4 cm³/mol. The molecule has 2 heterocycles. The Labute approximate surface area is 114 Å². The van der Waals surface area contributed by atoms with Crippen LogP contribution in [0.25, 0.3) is 0 Å². The first-order valence-corrected chi connectivity index (χ1v) is 6.42. The summed E-state index contributed by atoms with van der Waals surface area (Å²) < 4.78 is 11.3. The molecule has 5 nitrogen and oxygen atoms in total. The maximum absolute atomic E-state index is 12.3. The summed E-state index contributed by atoms with van der Waals surface area (Å²) >= 11 is 3.34. The maximum Gasteiger partial charge on any atom is 0.273 e. The molecule has 2 rings (SSSR count). The molecule has 0 aliphatic carbocycles. The number of likely N-dealkylation sites (tertiary alicyclic amines) is 1. The lowest BCUT2D eigenvalue weighted by Crippen LogP contribution is -2.31. The normalized spacial score (nSPS) is 23.4. The lowest BCUT2D eigenvalue weighted by Gasteiger charge is -2.15. The molecule has 0 spiro atoms. The van der Waals surface area contributed by atoms with Gasteiger partial charge in [-0.2, -0.15) is 0 Å². The molecule has 0 bridgehead atoms. The number of amides is 1. The number of rotatable bonds is 3. The van der Waals surface area contributed by atoms with Gasteiger partial charge in [-0.3, -0.25) is 4.79 Å². The molecule has 0 N–H and O–H groups in total. The average Bonchev–Trinajstić information content (AvgIpc) is 2.81. The van der Waals surface area contributed by atoms with E-state index in [9.17, 15) is 4.79 Å². The third-order valence-electron chi connectivity index (χ3n) is 3.07. The number of ether oxygens (including phenoxy) is 2. The molecule has 6 heteroatoms. The van der Waals surface area contributed by atoms with Crippen molar-refractivity contribution in [2.45, 2.75) is 12.2 Å². The fourth-order valence-corrected chi connectivity index (χ4v) is 2.48. The van der Waals surface area contributed by atoms with Gasteiger partial charge in [0.15, 0.2) is 0 Å². The largest absolute Gasteiger partial charge is 0.377 e. The van der Waals surface area contributed by atoms with Crippen LogP contribution in [0.5, 0.6) is 0 Å². The van der Waals surface area contributed by atoms with Crippen LogP contribution in [0.15, 0.2) is 22.8 Å². The molecule has 1 aromatic rings. The topological polar surface area (TPSA) is 51.7 Å². The van der Waals surface area contributed by atoms with E-state index in [-0.39, 0.29) is 18.1 Å². The zero-order chi connectivity index (χ0) is 13.1. The van der Waals surface area contributed by atoms with Gasteiger partial charge in [-0.25, -0.2) is 4.98 Å². The molecule has 2 unspecified atom stereocenters. The Balaban J connectivity index is 2.14. The molecule has 1 aliphatic heterocycles. The summed E-state index contributed by atoms with van der Waals surface area (Å²) in [5.41, 5.74) is 0.420. The Hall–Kier alpha value is -0.980. The molecular weight excluding hydrogens is 300 g/mol. The van der Waals surface area contributed by atoms with Crippen molar-refractivity contribution in [3.8, 4) is 0 Å². The second-order valence-corrected chi connectivity index (χ2v) is 4.95. The van der Waals surface area contributed by atoms with Crippen molar-refractivity contribution in [3.05, 3.63) is 28.5 Å². The summed E-state index contributed by atoms with van der Waals surface area (Å²) in [5.74, 6) is -0.107. The van der Waals surface area contributed by atoms with Crippen LogP contribution in [0, 0.1) is 0 Å². The molecule has 1 saturated heterocycles. The van der Waals surface area contributed by atoms with Crippen molar-refractivity contribution in [3.63, 3.8) is 0 Å². The van der Waals surface area contributed by atoms with Crippen molar-refractivity contribution in [1.29, 1.82) is 0 Å². The third-order valence-corrected chi connectivity index (χ3v) is 3.71. The highest BCUT2D eigenvalue weighted by molar-refractivity contribution is 9.10. The van der Waals surface area contributed by atoms with Crippen molar-refractivity contribution in [2.75, 3.05) is 27.3 Å². The first-order valence-electron chi connectivity index (χ1n) is 5.62. The average molecular weight is 315 g/mol. The second kappa shape index (κ2) is 5.77. The van der Waals surface area contributed by atoms with Crippen LogP contribution in [0.4, 0.5) is 0 Å². The predicted octanol–water partition coefficient (Wildman–Crippen LogP) is 1.33. The Morgan fingerprint density at radius 3 is 2.50 bits per heavy atom. The highest BCUT2D eigenvalue weighted by Gasteiger charge is 2.36. The molecule has 1 amide bonds. The Kier molecular flexibility index (Phi) is 4.31. The van der Waals surface area contributed by atoms with Crippen molar-refractivity contribution in [2.24, 2.45) is 0 Å². The van der Waals surface area contributed by atoms with Crippen molar-refractivity contribution < 1.29 is 14.3 Å². The summed E-state index contributed by atoms with van der Waals surface area (Å²) in [6.45, 7) is 1.05. The van der Waals surface area contributed by atoms with E-state index in [0.29, 0.717) is 23.3 Å². The number of hydrogen-bond acceptors (Lipinski definition) is 4. The number of nitrogens with zero attached hydrogens (tertiary/aromatic N) is 2. The quantitative estimate of drug-likeness (QED) is 0.844. The number of methoxy groups -OCH3 is 2. The smallest absolute Gasteiger partial charge is 0.273 e. The number of hydrogen-bond donors (Lipinski definition) is 0. The first-order chi connectivity index (χ1) is 8.67. The molecule has 1 fully saturated rings. The molecule has 0 radical (unpaired) electrons. The van der Waals surface area contributed by atoms with Gasteiger partial charge >= 0.3 is 0 Å². The number of aromatic nitrogens is 1. The maximum atomic E-state index is 12.3. The number of pyridine rings is 1. The number of halogens is 1. The summed E-state index contributed by atoms with van der Waals surface area (Å²) in [7, 11) is 3.25. The minimum absolute atomic E-state index is 0.0820. The van der Waals surface area contributed by atoms with Crippen LogP contribution in [0.3, 0.4) is 0 Å². The van der Waals surface area contributed by atoms with Gasteiger partial charge in [0.05, 0.1) is 0 Å². The zero-order valence-corrected chi connectivity index (χ0v) is 11.9. The van der Waals surface area contributed by atoms with Crippen LogP contribution in [-0.4, -0.2) is 55.3 Å². The third kappa shape index (κ3) is 2.55. The van der Waals surface area contributed by atoms with Gasteiger partial charge in [-0.05, 0) is 28.1 Å². The standard InChI is InChI=1S/C12H15BrN2O3/c1-17-9-6-15(7-10(9)18-2)12(16)11-8(13)4-3-5-14-11/h3-5,9-10H,6-7H2,1-2H3. The van der Waals surface area contributed by atoms with Crippen LogP contribution in [0.2, 0.25) is 0 Å².